The lowest BCUT2D eigenvalue weighted by Crippen LogP contribution is -2.36. The maximum absolute atomic E-state index is 11.0. The van der Waals surface area contributed by atoms with E-state index in [1.807, 2.05) is 0 Å². The molecular weight excluding hydrogens is 198 g/mol. The number of rotatable bonds is 7. The second-order valence-corrected chi connectivity index (χ2v) is 3.22. The predicted octanol–water partition coefficient (Wildman–Crippen LogP) is 0.434. The summed E-state index contributed by atoms with van der Waals surface area (Å²) in [6.07, 6.45) is 1.95. The summed E-state index contributed by atoms with van der Waals surface area (Å²) in [6, 6.07) is 0. The van der Waals surface area contributed by atoms with Crippen molar-refractivity contribution in [3.05, 3.63) is 0 Å². The minimum Gasteiger partial charge on any atom is -0.468 e. The first-order valence-corrected chi connectivity index (χ1v) is 5.00. The Bertz CT molecular complexity index is 188. The van der Waals surface area contributed by atoms with Crippen LogP contribution in [0.25, 0.3) is 0 Å². The zero-order valence-corrected chi connectivity index (χ0v) is 9.62. The molecule has 0 aliphatic rings. The van der Waals surface area contributed by atoms with Crippen molar-refractivity contribution in [2.45, 2.75) is 19.8 Å². The van der Waals surface area contributed by atoms with Gasteiger partial charge in [-0.15, -0.1) is 0 Å². The van der Waals surface area contributed by atoms with Gasteiger partial charge in [-0.25, -0.2) is 0 Å². The first kappa shape index (κ1) is 13.9. The van der Waals surface area contributed by atoms with Crippen LogP contribution in [-0.4, -0.2) is 50.7 Å². The van der Waals surface area contributed by atoms with E-state index in [4.69, 9.17) is 0 Å². The van der Waals surface area contributed by atoms with Crippen molar-refractivity contribution in [2.24, 2.45) is 0 Å². The molecule has 15 heavy (non-hydrogen) atoms. The van der Waals surface area contributed by atoms with Gasteiger partial charge < -0.3 is 9.47 Å². The minimum absolute atomic E-state index is 0.131. The average Bonchev–Trinajstić information content (AvgIpc) is 2.25. The number of hydrogen-bond acceptors (Lipinski definition) is 5. The third kappa shape index (κ3) is 6.90. The van der Waals surface area contributed by atoms with Crippen molar-refractivity contribution in [3.63, 3.8) is 0 Å². The molecule has 0 rings (SSSR count). The number of carbonyl (C=O) groups excluding carboxylic acids is 2. The fraction of sp³-hybridized carbons (Fsp3) is 0.800. The topological polar surface area (TPSA) is 55.8 Å². The third-order valence-corrected chi connectivity index (χ3v) is 1.99. The molecular formula is C10H19NO4. The van der Waals surface area contributed by atoms with Gasteiger partial charge in [-0.05, 0) is 13.0 Å². The van der Waals surface area contributed by atoms with Gasteiger partial charge in [0.1, 0.15) is 0 Å². The largest absolute Gasteiger partial charge is 0.468 e. The molecule has 0 aromatic heterocycles. The molecule has 0 N–H and O–H groups in total. The molecule has 5 heteroatoms. The number of hydrogen-bond donors (Lipinski definition) is 0. The molecule has 0 unspecified atom stereocenters. The van der Waals surface area contributed by atoms with Gasteiger partial charge in [-0.1, -0.05) is 13.3 Å². The van der Waals surface area contributed by atoms with Crippen molar-refractivity contribution in [2.75, 3.05) is 33.9 Å². The van der Waals surface area contributed by atoms with Crippen molar-refractivity contribution in [3.8, 4) is 0 Å². The fourth-order valence-corrected chi connectivity index (χ4v) is 1.09. The van der Waals surface area contributed by atoms with Gasteiger partial charge in [-0.3, -0.25) is 14.5 Å². The van der Waals surface area contributed by atoms with E-state index in [1.54, 1.807) is 4.90 Å². The second kappa shape index (κ2) is 8.23. The van der Waals surface area contributed by atoms with Gasteiger partial charge >= 0.3 is 11.9 Å². The summed E-state index contributed by atoms with van der Waals surface area (Å²) in [5.41, 5.74) is 0. The normalized spacial score (nSPS) is 10.1. The Kier molecular flexibility index (Phi) is 7.62. The van der Waals surface area contributed by atoms with Gasteiger partial charge in [-0.2, -0.15) is 0 Å². The minimum atomic E-state index is -0.338. The number of nitrogens with zero attached hydrogens (tertiary/aromatic N) is 1. The molecule has 0 aromatic carbocycles. The molecule has 0 spiro atoms. The summed E-state index contributed by atoms with van der Waals surface area (Å²) in [7, 11) is 2.66. The highest BCUT2D eigenvalue weighted by Gasteiger charge is 2.14. The van der Waals surface area contributed by atoms with E-state index in [1.165, 1.54) is 14.2 Å². The third-order valence-electron chi connectivity index (χ3n) is 1.99. The first-order chi connectivity index (χ1) is 7.13. The maximum atomic E-state index is 11.0. The van der Waals surface area contributed by atoms with E-state index in [-0.39, 0.29) is 25.0 Å². The van der Waals surface area contributed by atoms with Gasteiger partial charge in [0.25, 0.3) is 0 Å². The van der Waals surface area contributed by atoms with Crippen LogP contribution in [0.1, 0.15) is 19.8 Å². The number of unbranched alkanes of at least 4 members (excludes halogenated alkanes) is 1. The van der Waals surface area contributed by atoms with Crippen LogP contribution in [0.4, 0.5) is 0 Å². The van der Waals surface area contributed by atoms with Gasteiger partial charge in [0.2, 0.25) is 0 Å². The fourth-order valence-electron chi connectivity index (χ4n) is 1.09. The van der Waals surface area contributed by atoms with Crippen molar-refractivity contribution in [1.29, 1.82) is 0 Å². The van der Waals surface area contributed by atoms with Crippen LogP contribution >= 0.6 is 0 Å². The van der Waals surface area contributed by atoms with Gasteiger partial charge in [0.05, 0.1) is 27.3 Å². The molecule has 0 heterocycles. The van der Waals surface area contributed by atoms with Crippen LogP contribution in [0.15, 0.2) is 0 Å². The summed E-state index contributed by atoms with van der Waals surface area (Å²) >= 11 is 0. The summed E-state index contributed by atoms with van der Waals surface area (Å²) in [5, 5.41) is 0. The standard InChI is InChI=1S/C10H19NO4/c1-4-5-6-11(7-9(12)14-2)8-10(13)15-3/h4-8H2,1-3H3. The van der Waals surface area contributed by atoms with Crippen LogP contribution in [0, 0.1) is 0 Å². The Morgan fingerprint density at radius 1 is 1.07 bits per heavy atom. The van der Waals surface area contributed by atoms with Crippen LogP contribution in [0.3, 0.4) is 0 Å². The Balaban J connectivity index is 4.05. The first-order valence-electron chi connectivity index (χ1n) is 5.00. The Labute approximate surface area is 90.3 Å². The summed E-state index contributed by atoms with van der Waals surface area (Å²) in [5.74, 6) is -0.676. The molecule has 0 atom stereocenters. The molecule has 0 saturated carbocycles. The lowest BCUT2D eigenvalue weighted by Gasteiger charge is -2.18. The zero-order chi connectivity index (χ0) is 11.7. The van der Waals surface area contributed by atoms with E-state index < -0.39 is 0 Å². The highest BCUT2D eigenvalue weighted by Crippen LogP contribution is 1.96. The lowest BCUT2D eigenvalue weighted by molar-refractivity contribution is -0.145. The molecule has 0 aromatic rings. The van der Waals surface area contributed by atoms with E-state index >= 15 is 0 Å². The zero-order valence-electron chi connectivity index (χ0n) is 9.62. The van der Waals surface area contributed by atoms with Crippen molar-refractivity contribution in [1.82, 2.24) is 4.90 Å². The van der Waals surface area contributed by atoms with Crippen molar-refractivity contribution < 1.29 is 19.1 Å². The lowest BCUT2D eigenvalue weighted by atomic mass is 10.3. The molecule has 0 bridgehead atoms. The highest BCUT2D eigenvalue weighted by molar-refractivity contribution is 5.74. The van der Waals surface area contributed by atoms with Crippen LogP contribution < -0.4 is 0 Å². The smallest absolute Gasteiger partial charge is 0.319 e. The molecule has 0 aliphatic heterocycles. The number of esters is 2. The SMILES string of the molecule is CCCCN(CC(=O)OC)CC(=O)OC. The Morgan fingerprint density at radius 2 is 1.53 bits per heavy atom. The number of carbonyl (C=O) groups is 2. The molecule has 0 radical (unpaired) electrons. The van der Waals surface area contributed by atoms with Gasteiger partial charge in [0.15, 0.2) is 0 Å². The van der Waals surface area contributed by atoms with E-state index in [9.17, 15) is 9.59 Å². The molecule has 88 valence electrons. The Morgan fingerprint density at radius 3 is 1.87 bits per heavy atom. The van der Waals surface area contributed by atoms with Crippen LogP contribution in [-0.2, 0) is 19.1 Å². The summed E-state index contributed by atoms with van der Waals surface area (Å²) in [6.45, 7) is 3.01. The summed E-state index contributed by atoms with van der Waals surface area (Å²) in [4.78, 5) is 23.8. The molecule has 0 saturated heterocycles. The molecule has 0 aliphatic carbocycles. The summed E-state index contributed by atoms with van der Waals surface area (Å²) < 4.78 is 9.09. The quantitative estimate of drug-likeness (QED) is 0.579. The van der Waals surface area contributed by atoms with E-state index in [0.29, 0.717) is 6.54 Å². The van der Waals surface area contributed by atoms with E-state index in [0.717, 1.165) is 12.8 Å². The van der Waals surface area contributed by atoms with Crippen LogP contribution in [0.2, 0.25) is 0 Å². The second-order valence-electron chi connectivity index (χ2n) is 3.22. The van der Waals surface area contributed by atoms with Crippen LogP contribution in [0.5, 0.6) is 0 Å². The van der Waals surface area contributed by atoms with Crippen molar-refractivity contribution >= 4 is 11.9 Å². The predicted molar refractivity (Wildman–Crippen MR) is 55.4 cm³/mol. The highest BCUT2D eigenvalue weighted by atomic mass is 16.5. The van der Waals surface area contributed by atoms with Gasteiger partial charge in [0, 0.05) is 0 Å². The number of ether oxygens (including phenoxy) is 2. The average molecular weight is 217 g/mol. The maximum Gasteiger partial charge on any atom is 0.319 e. The molecule has 5 nitrogen and oxygen atoms in total. The molecule has 0 amide bonds. The Hall–Kier alpha value is -1.10. The number of methoxy groups -OCH3 is 2. The monoisotopic (exact) mass is 217 g/mol. The van der Waals surface area contributed by atoms with E-state index in [2.05, 4.69) is 16.4 Å². The molecule has 0 fully saturated rings.